The summed E-state index contributed by atoms with van der Waals surface area (Å²) in [6.45, 7) is 1.68. The number of pyridine rings is 1. The molecule has 5 nitrogen and oxygen atoms in total. The molecule has 2 aromatic heterocycles. The molecule has 1 saturated heterocycles. The number of amides is 1. The molecule has 0 bridgehead atoms. The van der Waals surface area contributed by atoms with Crippen molar-refractivity contribution in [3.05, 3.63) is 66.1 Å². The number of hydrogen-bond acceptors (Lipinski definition) is 3. The van der Waals surface area contributed by atoms with Gasteiger partial charge in [-0.05, 0) is 36.0 Å². The fraction of sp³-hybridized carbons (Fsp3) is 0.350. The summed E-state index contributed by atoms with van der Waals surface area (Å²) in [5, 5.41) is 7.89. The molecule has 1 unspecified atom stereocenters. The molecule has 3 aromatic rings. The van der Waals surface area contributed by atoms with E-state index < -0.39 is 0 Å². The maximum absolute atomic E-state index is 13.1. The summed E-state index contributed by atoms with van der Waals surface area (Å²) in [5.41, 5.74) is 3.11. The van der Waals surface area contributed by atoms with E-state index >= 15 is 0 Å². The van der Waals surface area contributed by atoms with Crippen LogP contribution >= 0.6 is 0 Å². The summed E-state index contributed by atoms with van der Waals surface area (Å²) in [6, 6.07) is 14.4. The van der Waals surface area contributed by atoms with Gasteiger partial charge in [0.25, 0.3) is 5.91 Å². The van der Waals surface area contributed by atoms with E-state index in [1.165, 1.54) is 24.8 Å². The van der Waals surface area contributed by atoms with Crippen LogP contribution in [0.15, 0.2) is 55.0 Å². The van der Waals surface area contributed by atoms with Crippen LogP contribution in [0.4, 0.5) is 0 Å². The number of aromatic nitrogens is 3. The summed E-state index contributed by atoms with van der Waals surface area (Å²) in [7, 11) is 0. The molecule has 1 aliphatic heterocycles. The molecule has 1 aromatic carbocycles. The smallest absolute Gasteiger partial charge is 0.255 e. The quantitative estimate of drug-likeness (QED) is 0.724. The van der Waals surface area contributed by atoms with Crippen molar-refractivity contribution in [1.82, 2.24) is 19.5 Å². The number of hydrogen-bond donors (Lipinski definition) is 0. The van der Waals surface area contributed by atoms with Crippen LogP contribution in [0, 0.1) is 5.41 Å². The highest BCUT2D eigenvalue weighted by Gasteiger charge is 2.51. The van der Waals surface area contributed by atoms with Crippen molar-refractivity contribution < 1.29 is 4.79 Å². The van der Waals surface area contributed by atoms with Crippen LogP contribution in [0.1, 0.15) is 41.1 Å². The fourth-order valence-corrected chi connectivity index (χ4v) is 4.54. The van der Waals surface area contributed by atoms with E-state index in [0.717, 1.165) is 18.7 Å². The Morgan fingerprint density at radius 3 is 2.72 bits per heavy atom. The maximum Gasteiger partial charge on any atom is 0.255 e. The third-order valence-electron chi connectivity index (χ3n) is 6.02. The molecule has 126 valence electrons. The van der Waals surface area contributed by atoms with Gasteiger partial charge in [0.2, 0.25) is 0 Å². The van der Waals surface area contributed by atoms with Gasteiger partial charge in [-0.15, -0.1) is 10.2 Å². The first kappa shape index (κ1) is 14.6. The van der Waals surface area contributed by atoms with Crippen LogP contribution in [0.3, 0.4) is 0 Å². The molecule has 1 saturated carbocycles. The lowest BCUT2D eigenvalue weighted by molar-refractivity contribution is 0.0725. The third-order valence-corrected chi connectivity index (χ3v) is 6.02. The van der Waals surface area contributed by atoms with E-state index in [1.54, 1.807) is 10.7 Å². The molecule has 0 N–H and O–H groups in total. The van der Waals surface area contributed by atoms with Gasteiger partial charge in [-0.3, -0.25) is 9.20 Å². The summed E-state index contributed by atoms with van der Waals surface area (Å²) in [5.74, 6) is 0.561. The topological polar surface area (TPSA) is 50.5 Å². The second kappa shape index (κ2) is 5.41. The molecule has 5 rings (SSSR count). The van der Waals surface area contributed by atoms with E-state index in [1.807, 2.05) is 23.2 Å². The van der Waals surface area contributed by atoms with Crippen LogP contribution in [0.25, 0.3) is 5.65 Å². The van der Waals surface area contributed by atoms with E-state index in [0.29, 0.717) is 11.5 Å². The van der Waals surface area contributed by atoms with Crippen LogP contribution in [0.5, 0.6) is 0 Å². The van der Waals surface area contributed by atoms with Crippen molar-refractivity contribution in [2.24, 2.45) is 5.41 Å². The molecule has 2 aliphatic rings. The second-order valence-corrected chi connectivity index (χ2v) is 7.38. The monoisotopic (exact) mass is 332 g/mol. The Hall–Kier alpha value is -2.69. The zero-order valence-electron chi connectivity index (χ0n) is 14.0. The van der Waals surface area contributed by atoms with Gasteiger partial charge in [-0.25, -0.2) is 0 Å². The molecule has 1 spiro atoms. The van der Waals surface area contributed by atoms with Crippen LogP contribution in [-0.4, -0.2) is 38.5 Å². The zero-order valence-corrected chi connectivity index (χ0v) is 14.0. The lowest BCUT2D eigenvalue weighted by atomic mass is 9.61. The summed E-state index contributed by atoms with van der Waals surface area (Å²) in [6.07, 6.45) is 7.19. The Bertz CT molecular complexity index is 929. The van der Waals surface area contributed by atoms with E-state index in [2.05, 4.69) is 40.5 Å². The Morgan fingerprint density at radius 1 is 1.12 bits per heavy atom. The lowest BCUT2D eigenvalue weighted by Crippen LogP contribution is -2.37. The predicted molar refractivity (Wildman–Crippen MR) is 94.4 cm³/mol. The average molecular weight is 332 g/mol. The largest absolute Gasteiger partial charge is 0.337 e. The first-order valence-corrected chi connectivity index (χ1v) is 8.89. The number of rotatable bonds is 2. The van der Waals surface area contributed by atoms with Crippen molar-refractivity contribution in [2.45, 2.75) is 25.2 Å². The Balaban J connectivity index is 1.45. The first-order chi connectivity index (χ1) is 12.3. The molecule has 1 atom stereocenters. The Morgan fingerprint density at radius 2 is 1.96 bits per heavy atom. The lowest BCUT2D eigenvalue weighted by Gasteiger charge is -2.43. The Labute approximate surface area is 146 Å². The van der Waals surface area contributed by atoms with Gasteiger partial charge in [0.15, 0.2) is 5.65 Å². The van der Waals surface area contributed by atoms with Gasteiger partial charge in [0, 0.05) is 25.2 Å². The van der Waals surface area contributed by atoms with Crippen LogP contribution < -0.4 is 0 Å². The number of nitrogens with zero attached hydrogens (tertiary/aromatic N) is 4. The molecular weight excluding hydrogens is 312 g/mol. The van der Waals surface area contributed by atoms with Gasteiger partial charge in [0.05, 0.1) is 5.56 Å². The SMILES string of the molecule is O=C(c1ccc2nncn2c1)N1CC(c2ccccc2)C2(CCC2)C1. The van der Waals surface area contributed by atoms with E-state index in [-0.39, 0.29) is 11.3 Å². The Kier molecular flexibility index (Phi) is 3.17. The molecule has 1 aliphatic carbocycles. The minimum atomic E-state index is 0.111. The summed E-state index contributed by atoms with van der Waals surface area (Å²) >= 11 is 0. The molecule has 5 heteroatoms. The maximum atomic E-state index is 13.1. The highest BCUT2D eigenvalue weighted by Crippen LogP contribution is 2.55. The average Bonchev–Trinajstić information content (AvgIpc) is 3.25. The molecule has 0 radical (unpaired) electrons. The minimum Gasteiger partial charge on any atom is -0.337 e. The molecule has 25 heavy (non-hydrogen) atoms. The highest BCUT2D eigenvalue weighted by atomic mass is 16.2. The number of likely N-dealkylation sites (tertiary alicyclic amines) is 1. The fourth-order valence-electron chi connectivity index (χ4n) is 4.54. The summed E-state index contributed by atoms with van der Waals surface area (Å²) in [4.78, 5) is 15.1. The van der Waals surface area contributed by atoms with Gasteiger partial charge in [-0.1, -0.05) is 36.8 Å². The molecule has 3 heterocycles. The van der Waals surface area contributed by atoms with Gasteiger partial charge >= 0.3 is 0 Å². The standard InChI is InChI=1S/C20H20N4O/c25-19(16-7-8-18-22-21-14-24(18)11-16)23-12-17(15-5-2-1-3-6-15)20(13-23)9-4-10-20/h1-3,5-8,11,14,17H,4,9-10,12-13H2. The number of fused-ring (bicyclic) bond motifs is 1. The highest BCUT2D eigenvalue weighted by molar-refractivity contribution is 5.94. The normalized spacial score (nSPS) is 21.6. The van der Waals surface area contributed by atoms with Crippen molar-refractivity contribution >= 4 is 11.6 Å². The first-order valence-electron chi connectivity index (χ1n) is 8.89. The van der Waals surface area contributed by atoms with Crippen LogP contribution in [-0.2, 0) is 0 Å². The molecule has 1 amide bonds. The molecular formula is C20H20N4O. The predicted octanol–water partition coefficient (Wildman–Crippen LogP) is 3.14. The van der Waals surface area contributed by atoms with Gasteiger partial charge in [0.1, 0.15) is 6.33 Å². The summed E-state index contributed by atoms with van der Waals surface area (Å²) < 4.78 is 1.80. The van der Waals surface area contributed by atoms with Crippen molar-refractivity contribution in [3.8, 4) is 0 Å². The van der Waals surface area contributed by atoms with Crippen molar-refractivity contribution in [2.75, 3.05) is 13.1 Å². The second-order valence-electron chi connectivity index (χ2n) is 7.38. The zero-order chi connectivity index (χ0) is 16.9. The number of carbonyl (C=O) groups excluding carboxylic acids is 1. The van der Waals surface area contributed by atoms with Gasteiger partial charge in [-0.2, -0.15) is 0 Å². The van der Waals surface area contributed by atoms with E-state index in [4.69, 9.17) is 0 Å². The van der Waals surface area contributed by atoms with Gasteiger partial charge < -0.3 is 4.90 Å². The van der Waals surface area contributed by atoms with Crippen molar-refractivity contribution in [1.29, 1.82) is 0 Å². The number of benzene rings is 1. The third kappa shape index (κ3) is 2.26. The van der Waals surface area contributed by atoms with Crippen molar-refractivity contribution in [3.63, 3.8) is 0 Å². The van der Waals surface area contributed by atoms with Crippen LogP contribution in [0.2, 0.25) is 0 Å². The molecule has 2 fully saturated rings. The van der Waals surface area contributed by atoms with E-state index in [9.17, 15) is 4.79 Å². The number of carbonyl (C=O) groups is 1. The minimum absolute atomic E-state index is 0.111.